The van der Waals surface area contributed by atoms with Crippen LogP contribution in [0.5, 0.6) is 0 Å². The number of carbonyl (C=O) groups excluding carboxylic acids is 1. The van der Waals surface area contributed by atoms with Crippen LogP contribution in [0.2, 0.25) is 0 Å². The van der Waals surface area contributed by atoms with E-state index in [2.05, 4.69) is 25.3 Å². The first-order valence-corrected chi connectivity index (χ1v) is 8.68. The summed E-state index contributed by atoms with van der Waals surface area (Å²) < 4.78 is 5.43. The van der Waals surface area contributed by atoms with Crippen LogP contribution in [0.15, 0.2) is 12.5 Å². The van der Waals surface area contributed by atoms with Gasteiger partial charge in [0.05, 0.1) is 18.3 Å². The van der Waals surface area contributed by atoms with Gasteiger partial charge in [-0.1, -0.05) is 0 Å². The van der Waals surface area contributed by atoms with Gasteiger partial charge in [0.1, 0.15) is 12.1 Å². The van der Waals surface area contributed by atoms with Crippen LogP contribution in [0.1, 0.15) is 34.0 Å². The van der Waals surface area contributed by atoms with Gasteiger partial charge in [-0.05, 0) is 19.8 Å². The van der Waals surface area contributed by atoms with Gasteiger partial charge < -0.3 is 19.9 Å². The molecule has 2 aromatic heterocycles. The smallest absolute Gasteiger partial charge is 0.289 e. The highest BCUT2D eigenvalue weighted by atomic mass is 16.5. The number of rotatable bonds is 3. The molecule has 8 nitrogen and oxygen atoms in total. The fourth-order valence-corrected chi connectivity index (χ4v) is 3.37. The van der Waals surface area contributed by atoms with E-state index < -0.39 is 0 Å². The van der Waals surface area contributed by atoms with Gasteiger partial charge >= 0.3 is 0 Å². The van der Waals surface area contributed by atoms with E-state index >= 15 is 0 Å². The summed E-state index contributed by atoms with van der Waals surface area (Å²) in [4.78, 5) is 30.5. The molecule has 2 N–H and O–H groups in total. The van der Waals surface area contributed by atoms with Gasteiger partial charge in [0.2, 0.25) is 0 Å². The number of hydrogen-bond acceptors (Lipinski definition) is 6. The van der Waals surface area contributed by atoms with Crippen LogP contribution in [0.3, 0.4) is 0 Å². The van der Waals surface area contributed by atoms with E-state index in [9.17, 15) is 4.79 Å². The summed E-state index contributed by atoms with van der Waals surface area (Å²) in [6.45, 7) is 4.66. The highest BCUT2D eigenvalue weighted by Gasteiger charge is 2.25. The average molecular weight is 342 g/mol. The van der Waals surface area contributed by atoms with Gasteiger partial charge in [-0.2, -0.15) is 0 Å². The number of aromatic amines is 1. The topological polar surface area (TPSA) is 96.0 Å². The van der Waals surface area contributed by atoms with Crippen molar-refractivity contribution < 1.29 is 9.53 Å². The molecule has 2 aromatic rings. The Morgan fingerprint density at radius 2 is 2.20 bits per heavy atom. The lowest BCUT2D eigenvalue weighted by Gasteiger charge is -2.19. The van der Waals surface area contributed by atoms with Crippen molar-refractivity contribution in [1.29, 1.82) is 0 Å². The van der Waals surface area contributed by atoms with Crippen LogP contribution in [0.4, 0.5) is 5.82 Å². The van der Waals surface area contributed by atoms with Crippen molar-refractivity contribution in [3.05, 3.63) is 35.3 Å². The number of anilines is 1. The largest absolute Gasteiger partial charge is 0.379 e. The minimum Gasteiger partial charge on any atom is -0.379 e. The summed E-state index contributed by atoms with van der Waals surface area (Å²) in [5, 5.41) is 3.48. The second-order valence-corrected chi connectivity index (χ2v) is 6.56. The van der Waals surface area contributed by atoms with Gasteiger partial charge in [-0.25, -0.2) is 15.0 Å². The van der Waals surface area contributed by atoms with Crippen molar-refractivity contribution in [1.82, 2.24) is 24.8 Å². The minimum atomic E-state index is -0.0624. The molecule has 1 fully saturated rings. The van der Waals surface area contributed by atoms with Crippen LogP contribution < -0.4 is 5.32 Å². The number of aromatic nitrogens is 4. The number of hydrogen-bond donors (Lipinski definition) is 2. The number of amides is 1. The molecule has 0 radical (unpaired) electrons. The first-order valence-electron chi connectivity index (χ1n) is 8.68. The lowest BCUT2D eigenvalue weighted by Crippen LogP contribution is -2.34. The summed E-state index contributed by atoms with van der Waals surface area (Å²) >= 11 is 0. The van der Waals surface area contributed by atoms with Crippen LogP contribution >= 0.6 is 0 Å². The van der Waals surface area contributed by atoms with Gasteiger partial charge in [-0.3, -0.25) is 4.79 Å². The summed E-state index contributed by atoms with van der Waals surface area (Å²) in [5.74, 6) is 1.22. The minimum absolute atomic E-state index is 0.0624. The number of ether oxygens (including phenoxy) is 1. The Balaban J connectivity index is 1.50. The van der Waals surface area contributed by atoms with Crippen LogP contribution in [0.25, 0.3) is 0 Å². The maximum absolute atomic E-state index is 12.6. The van der Waals surface area contributed by atoms with E-state index in [0.717, 1.165) is 48.6 Å². The van der Waals surface area contributed by atoms with Gasteiger partial charge in [0.25, 0.3) is 5.91 Å². The number of carbonyl (C=O) groups is 1. The van der Waals surface area contributed by atoms with Crippen molar-refractivity contribution in [2.24, 2.45) is 0 Å². The van der Waals surface area contributed by atoms with E-state index in [1.165, 1.54) is 0 Å². The molecular formula is C17H22N6O2. The predicted molar refractivity (Wildman–Crippen MR) is 91.5 cm³/mol. The highest BCUT2D eigenvalue weighted by Crippen LogP contribution is 2.23. The summed E-state index contributed by atoms with van der Waals surface area (Å²) in [7, 11) is 0. The van der Waals surface area contributed by atoms with E-state index in [4.69, 9.17) is 4.74 Å². The third kappa shape index (κ3) is 3.34. The molecule has 0 aromatic carbocycles. The summed E-state index contributed by atoms with van der Waals surface area (Å²) in [5.41, 5.74) is 3.01. The van der Waals surface area contributed by atoms with E-state index in [-0.39, 0.29) is 5.91 Å². The molecule has 25 heavy (non-hydrogen) atoms. The molecule has 2 aliphatic rings. The molecular weight excluding hydrogens is 320 g/mol. The molecule has 0 aliphatic carbocycles. The van der Waals surface area contributed by atoms with Gasteiger partial charge in [0.15, 0.2) is 5.82 Å². The monoisotopic (exact) mass is 342 g/mol. The van der Waals surface area contributed by atoms with Crippen molar-refractivity contribution in [3.63, 3.8) is 0 Å². The zero-order valence-electron chi connectivity index (χ0n) is 14.3. The molecule has 2 aliphatic heterocycles. The van der Waals surface area contributed by atoms with Crippen LogP contribution in [0, 0.1) is 6.92 Å². The van der Waals surface area contributed by atoms with Gasteiger partial charge in [-0.15, -0.1) is 0 Å². The van der Waals surface area contributed by atoms with Crippen LogP contribution in [-0.2, 0) is 17.6 Å². The number of H-pyrrole nitrogens is 1. The fourth-order valence-electron chi connectivity index (χ4n) is 3.37. The summed E-state index contributed by atoms with van der Waals surface area (Å²) in [6, 6.07) is 0.297. The quantitative estimate of drug-likeness (QED) is 0.862. The number of nitrogens with one attached hydrogen (secondary N) is 2. The Morgan fingerprint density at radius 3 is 2.96 bits per heavy atom. The van der Waals surface area contributed by atoms with E-state index in [1.807, 2.05) is 11.8 Å². The maximum Gasteiger partial charge on any atom is 0.289 e. The molecule has 132 valence electrons. The predicted octanol–water partition coefficient (Wildman–Crippen LogP) is 0.950. The van der Waals surface area contributed by atoms with Crippen molar-refractivity contribution in [3.8, 4) is 0 Å². The summed E-state index contributed by atoms with van der Waals surface area (Å²) in [6.07, 6.45) is 5.72. The van der Waals surface area contributed by atoms with Crippen molar-refractivity contribution in [2.75, 3.05) is 31.6 Å². The molecule has 4 heterocycles. The number of imidazole rings is 1. The second-order valence-electron chi connectivity index (χ2n) is 6.56. The third-order valence-corrected chi connectivity index (χ3v) is 4.75. The molecule has 8 heteroatoms. The molecule has 0 unspecified atom stereocenters. The molecule has 0 bridgehead atoms. The Morgan fingerprint density at radius 1 is 1.32 bits per heavy atom. The average Bonchev–Trinajstić information content (AvgIpc) is 3.22. The molecule has 1 saturated heterocycles. The van der Waals surface area contributed by atoms with Crippen molar-refractivity contribution >= 4 is 11.7 Å². The standard InChI is InChI=1S/C17H22N6O2/c1-11-8-18-16(21-11)17(24)23-5-2-13-14(3-6-23)19-10-20-15(13)22-12-4-7-25-9-12/h8,10,12H,2-7,9H2,1H3,(H,18,21)(H,19,20,22)/t12-/m0/s1. The van der Waals surface area contributed by atoms with E-state index in [0.29, 0.717) is 31.6 Å². The first-order chi connectivity index (χ1) is 12.2. The number of aryl methyl sites for hydroxylation is 1. The van der Waals surface area contributed by atoms with Crippen molar-refractivity contribution in [2.45, 2.75) is 32.2 Å². The first kappa shape index (κ1) is 16.0. The number of fused-ring (bicyclic) bond motifs is 1. The molecule has 1 amide bonds. The lowest BCUT2D eigenvalue weighted by molar-refractivity contribution is 0.0751. The maximum atomic E-state index is 12.6. The third-order valence-electron chi connectivity index (χ3n) is 4.75. The lowest BCUT2D eigenvalue weighted by atomic mass is 10.1. The zero-order valence-corrected chi connectivity index (χ0v) is 14.3. The molecule has 0 saturated carbocycles. The molecule has 0 spiro atoms. The second kappa shape index (κ2) is 6.79. The molecule has 1 atom stereocenters. The molecule has 4 rings (SSSR count). The van der Waals surface area contributed by atoms with Gasteiger partial charge in [0, 0.05) is 43.6 Å². The highest BCUT2D eigenvalue weighted by molar-refractivity contribution is 5.90. The SMILES string of the molecule is Cc1cnc(C(=O)N2CCc3ncnc(N[C@H]4CCOC4)c3CC2)[nH]1. The van der Waals surface area contributed by atoms with Crippen LogP contribution in [-0.4, -0.2) is 63.1 Å². The zero-order chi connectivity index (χ0) is 17.2. The Hall–Kier alpha value is -2.48. The Labute approximate surface area is 146 Å². The van der Waals surface area contributed by atoms with E-state index in [1.54, 1.807) is 12.5 Å². The number of nitrogens with zero attached hydrogens (tertiary/aromatic N) is 4. The normalized spacial score (nSPS) is 20.2. The fraction of sp³-hybridized carbons (Fsp3) is 0.529. The Kier molecular flexibility index (Phi) is 4.35. The Bertz CT molecular complexity index is 768.